The molecule has 1 heterocycles. The second-order valence-electron chi connectivity index (χ2n) is 4.94. The molecule has 0 spiro atoms. The van der Waals surface area contributed by atoms with Crippen LogP contribution in [0.15, 0.2) is 6.20 Å². The zero-order valence-corrected chi connectivity index (χ0v) is 10.8. The monoisotopic (exact) mass is 236 g/mol. The number of ether oxygens (including phenoxy) is 1. The molecule has 17 heavy (non-hydrogen) atoms. The van der Waals surface area contributed by atoms with Gasteiger partial charge in [-0.05, 0) is 33.1 Å². The van der Waals surface area contributed by atoms with Gasteiger partial charge >= 0.3 is 0 Å². The number of hydrogen-bond donors (Lipinski definition) is 0. The van der Waals surface area contributed by atoms with Crippen molar-refractivity contribution in [3.05, 3.63) is 11.9 Å². The van der Waals surface area contributed by atoms with Crippen molar-refractivity contribution in [1.82, 2.24) is 9.78 Å². The highest BCUT2D eigenvalue weighted by molar-refractivity contribution is 5.83. The van der Waals surface area contributed by atoms with Gasteiger partial charge in [0.1, 0.15) is 5.78 Å². The third-order valence-corrected chi connectivity index (χ3v) is 3.21. The minimum atomic E-state index is 0.296. The van der Waals surface area contributed by atoms with Crippen molar-refractivity contribution in [2.75, 3.05) is 7.11 Å². The molecule has 1 aliphatic carbocycles. The van der Waals surface area contributed by atoms with Gasteiger partial charge in [0.2, 0.25) is 0 Å². The zero-order chi connectivity index (χ0) is 12.4. The van der Waals surface area contributed by atoms with E-state index in [0.29, 0.717) is 24.2 Å². The lowest BCUT2D eigenvalue weighted by atomic mass is 10.1. The van der Waals surface area contributed by atoms with Crippen LogP contribution in [0.5, 0.6) is 5.75 Å². The topological polar surface area (TPSA) is 44.1 Å². The number of hydrogen-bond acceptors (Lipinski definition) is 3. The van der Waals surface area contributed by atoms with E-state index in [9.17, 15) is 4.79 Å². The number of ketones is 1. The largest absolute Gasteiger partial charge is 0.493 e. The van der Waals surface area contributed by atoms with Gasteiger partial charge in [-0.15, -0.1) is 0 Å². The highest BCUT2D eigenvalue weighted by Gasteiger charge is 2.29. The van der Waals surface area contributed by atoms with Gasteiger partial charge < -0.3 is 4.74 Å². The van der Waals surface area contributed by atoms with Crippen LogP contribution in [0.25, 0.3) is 0 Å². The van der Waals surface area contributed by atoms with Gasteiger partial charge in [-0.3, -0.25) is 9.48 Å². The third kappa shape index (κ3) is 2.68. The number of carbonyl (C=O) groups excluding carboxylic acids is 1. The Morgan fingerprint density at radius 1 is 1.59 bits per heavy atom. The summed E-state index contributed by atoms with van der Waals surface area (Å²) < 4.78 is 7.23. The summed E-state index contributed by atoms with van der Waals surface area (Å²) in [5.41, 5.74) is 1.04. The summed E-state index contributed by atoms with van der Waals surface area (Å²) in [6.45, 7) is 4.16. The summed E-state index contributed by atoms with van der Waals surface area (Å²) in [6, 6.07) is 0.296. The number of rotatable bonds is 6. The van der Waals surface area contributed by atoms with E-state index in [4.69, 9.17) is 4.74 Å². The Morgan fingerprint density at radius 3 is 2.82 bits per heavy atom. The van der Waals surface area contributed by atoms with E-state index in [1.54, 1.807) is 13.3 Å². The smallest absolute Gasteiger partial charge is 0.159 e. The number of carbonyl (C=O) groups is 1. The fraction of sp³-hybridized carbons (Fsp3) is 0.692. The quantitative estimate of drug-likeness (QED) is 0.761. The van der Waals surface area contributed by atoms with Crippen LogP contribution >= 0.6 is 0 Å². The maximum Gasteiger partial charge on any atom is 0.159 e. The van der Waals surface area contributed by atoms with E-state index >= 15 is 0 Å². The van der Waals surface area contributed by atoms with Gasteiger partial charge in [0, 0.05) is 18.4 Å². The van der Waals surface area contributed by atoms with Crippen molar-refractivity contribution in [3.63, 3.8) is 0 Å². The molecular formula is C13H20N2O2. The number of nitrogens with zero attached hydrogens (tertiary/aromatic N) is 2. The minimum absolute atomic E-state index is 0.296. The SMILES string of the molecule is COc1cnn(C(C)C)c1CCC(=O)C1CC1. The van der Waals surface area contributed by atoms with Crippen molar-refractivity contribution in [1.29, 1.82) is 0 Å². The van der Waals surface area contributed by atoms with Gasteiger partial charge in [-0.2, -0.15) is 5.10 Å². The molecule has 4 nitrogen and oxygen atoms in total. The summed E-state index contributed by atoms with van der Waals surface area (Å²) >= 11 is 0. The van der Waals surface area contributed by atoms with Gasteiger partial charge in [0.15, 0.2) is 5.75 Å². The summed E-state index contributed by atoms with van der Waals surface area (Å²) in [6.07, 6.45) is 5.24. The van der Waals surface area contributed by atoms with Crippen LogP contribution in [0.2, 0.25) is 0 Å². The van der Waals surface area contributed by atoms with Crippen LogP contribution in [0.3, 0.4) is 0 Å². The van der Waals surface area contributed by atoms with Gasteiger partial charge in [0.05, 0.1) is 19.0 Å². The molecule has 1 aliphatic rings. The summed E-state index contributed by atoms with van der Waals surface area (Å²) in [7, 11) is 1.65. The first kappa shape index (κ1) is 12.1. The third-order valence-electron chi connectivity index (χ3n) is 3.21. The van der Waals surface area contributed by atoms with Crippen LogP contribution in [-0.2, 0) is 11.2 Å². The molecule has 0 bridgehead atoms. The van der Waals surface area contributed by atoms with E-state index in [2.05, 4.69) is 18.9 Å². The Hall–Kier alpha value is -1.32. The van der Waals surface area contributed by atoms with Crippen LogP contribution < -0.4 is 4.74 Å². The molecule has 1 fully saturated rings. The van der Waals surface area contributed by atoms with Crippen molar-refractivity contribution in [3.8, 4) is 5.75 Å². The second-order valence-corrected chi connectivity index (χ2v) is 4.94. The Kier molecular flexibility index (Phi) is 3.50. The van der Waals surface area contributed by atoms with E-state index < -0.39 is 0 Å². The maximum absolute atomic E-state index is 11.7. The fourth-order valence-corrected chi connectivity index (χ4v) is 2.08. The molecule has 0 amide bonds. The lowest BCUT2D eigenvalue weighted by Crippen LogP contribution is -2.10. The lowest BCUT2D eigenvalue weighted by Gasteiger charge is -2.11. The lowest BCUT2D eigenvalue weighted by molar-refractivity contribution is -0.120. The molecule has 0 aromatic carbocycles. The van der Waals surface area contributed by atoms with Crippen LogP contribution in [0.1, 0.15) is 44.8 Å². The van der Waals surface area contributed by atoms with E-state index in [1.807, 2.05) is 4.68 Å². The van der Waals surface area contributed by atoms with Crippen LogP contribution in [-0.4, -0.2) is 22.7 Å². The Labute approximate surface area is 102 Å². The van der Waals surface area contributed by atoms with Crippen molar-refractivity contribution < 1.29 is 9.53 Å². The first-order valence-corrected chi connectivity index (χ1v) is 6.26. The molecule has 0 saturated heterocycles. The molecule has 94 valence electrons. The molecule has 1 aromatic heterocycles. The Bertz CT molecular complexity index is 406. The highest BCUT2D eigenvalue weighted by atomic mass is 16.5. The molecule has 0 N–H and O–H groups in total. The minimum Gasteiger partial charge on any atom is -0.493 e. The molecule has 4 heteroatoms. The fourth-order valence-electron chi connectivity index (χ4n) is 2.08. The highest BCUT2D eigenvalue weighted by Crippen LogP contribution is 2.32. The Morgan fingerprint density at radius 2 is 2.29 bits per heavy atom. The van der Waals surface area contributed by atoms with Crippen LogP contribution in [0.4, 0.5) is 0 Å². The predicted octanol–water partition coefficient (Wildman–Crippen LogP) is 2.38. The molecule has 1 aromatic rings. The summed E-state index contributed by atoms with van der Waals surface area (Å²) in [5, 5.41) is 4.31. The summed E-state index contributed by atoms with van der Waals surface area (Å²) in [5.74, 6) is 1.53. The first-order valence-electron chi connectivity index (χ1n) is 6.26. The van der Waals surface area contributed by atoms with Crippen molar-refractivity contribution in [2.24, 2.45) is 5.92 Å². The molecule has 1 saturated carbocycles. The van der Waals surface area contributed by atoms with Gasteiger partial charge in [-0.25, -0.2) is 0 Å². The molecule has 0 atom stereocenters. The number of aromatic nitrogens is 2. The molecule has 0 aliphatic heterocycles. The normalized spacial score (nSPS) is 15.3. The van der Waals surface area contributed by atoms with E-state index in [-0.39, 0.29) is 0 Å². The first-order chi connectivity index (χ1) is 8.13. The number of Topliss-reactive ketones (excluding diaryl/α,β-unsaturated/α-hetero) is 1. The van der Waals surface area contributed by atoms with Gasteiger partial charge in [0.25, 0.3) is 0 Å². The van der Waals surface area contributed by atoms with Crippen LogP contribution in [0, 0.1) is 5.92 Å². The standard InChI is InChI=1S/C13H20N2O2/c1-9(2)15-11(13(17-3)8-14-15)6-7-12(16)10-4-5-10/h8-10H,4-7H2,1-3H3. The summed E-state index contributed by atoms with van der Waals surface area (Å²) in [4.78, 5) is 11.7. The molecule has 0 radical (unpaired) electrons. The van der Waals surface area contributed by atoms with E-state index in [0.717, 1.165) is 30.7 Å². The molecule has 0 unspecified atom stereocenters. The molecule has 2 rings (SSSR count). The average molecular weight is 236 g/mol. The predicted molar refractivity (Wildman–Crippen MR) is 65.2 cm³/mol. The Balaban J connectivity index is 2.06. The van der Waals surface area contributed by atoms with E-state index in [1.165, 1.54) is 0 Å². The molecular weight excluding hydrogens is 216 g/mol. The van der Waals surface area contributed by atoms with Crippen molar-refractivity contribution >= 4 is 5.78 Å². The second kappa shape index (κ2) is 4.90. The maximum atomic E-state index is 11.7. The average Bonchev–Trinajstić information content (AvgIpc) is 3.06. The van der Waals surface area contributed by atoms with Crippen molar-refractivity contribution in [2.45, 2.75) is 45.6 Å². The van der Waals surface area contributed by atoms with Gasteiger partial charge in [-0.1, -0.05) is 0 Å². The zero-order valence-electron chi connectivity index (χ0n) is 10.8. The number of methoxy groups -OCH3 is 1.